The third kappa shape index (κ3) is 1.53. The number of imidazole rings is 2. The van der Waals surface area contributed by atoms with Crippen LogP contribution in [0.1, 0.15) is 6.23 Å². The van der Waals surface area contributed by atoms with E-state index < -0.39 is 31.4 Å². The lowest BCUT2D eigenvalue weighted by molar-refractivity contribution is -0.0460. The van der Waals surface area contributed by atoms with Crippen LogP contribution in [-0.2, 0) is 13.8 Å². The first kappa shape index (κ1) is 14.4. The summed E-state index contributed by atoms with van der Waals surface area (Å²) in [7, 11) is -4.45. The summed E-state index contributed by atoms with van der Waals surface area (Å²) >= 11 is 0. The predicted molar refractivity (Wildman–Crippen MR) is 74.7 cm³/mol. The molecule has 0 aromatic carbocycles. The summed E-state index contributed by atoms with van der Waals surface area (Å²) in [5.74, 6) is 0. The zero-order valence-corrected chi connectivity index (χ0v) is 12.8. The molecule has 5 heterocycles. The molecule has 1 unspecified atom stereocenters. The van der Waals surface area contributed by atoms with Crippen LogP contribution < -0.4 is 0 Å². The standard InChI is InChI=1S/C11H11N6O6P/c18-7-10(23-5-3-22-24(20,21)11(5,7)19)16-4-13-6-8-12-1-2-17(8)15-14-9(6)16/h1-2,4-5,7,10,18-19H,3H2,(H,20,21)/t5-,7+,10-,11+/m1/s1. The van der Waals surface area contributed by atoms with Crippen LogP contribution in [0.5, 0.6) is 0 Å². The molecule has 5 rings (SSSR count). The van der Waals surface area contributed by atoms with Crippen LogP contribution in [0.3, 0.4) is 0 Å². The molecule has 0 amide bonds. The Balaban J connectivity index is 1.65. The molecule has 2 saturated heterocycles. The highest BCUT2D eigenvalue weighted by molar-refractivity contribution is 7.54. The molecule has 126 valence electrons. The van der Waals surface area contributed by atoms with Gasteiger partial charge in [-0.15, -0.1) is 5.10 Å². The van der Waals surface area contributed by atoms with Gasteiger partial charge < -0.3 is 24.4 Å². The molecule has 3 aromatic rings. The van der Waals surface area contributed by atoms with Gasteiger partial charge in [0, 0.05) is 6.20 Å². The number of aromatic nitrogens is 6. The van der Waals surface area contributed by atoms with Crippen LogP contribution >= 0.6 is 7.60 Å². The Morgan fingerprint density at radius 1 is 1.38 bits per heavy atom. The molecule has 0 radical (unpaired) electrons. The van der Waals surface area contributed by atoms with Gasteiger partial charge in [-0.05, 0) is 0 Å². The van der Waals surface area contributed by atoms with E-state index in [-0.39, 0.29) is 12.3 Å². The maximum Gasteiger partial charge on any atom is 0.365 e. The Morgan fingerprint density at radius 3 is 3.00 bits per heavy atom. The highest BCUT2D eigenvalue weighted by atomic mass is 31.2. The lowest BCUT2D eigenvalue weighted by atomic mass is 10.1. The van der Waals surface area contributed by atoms with Gasteiger partial charge in [-0.3, -0.25) is 9.13 Å². The first-order valence-electron chi connectivity index (χ1n) is 6.99. The number of nitrogens with zero attached hydrogens (tertiary/aromatic N) is 6. The molecule has 2 aliphatic heterocycles. The molecule has 2 fully saturated rings. The highest BCUT2D eigenvalue weighted by Crippen LogP contribution is 2.66. The van der Waals surface area contributed by atoms with Crippen molar-refractivity contribution < 1.29 is 28.9 Å². The zero-order chi connectivity index (χ0) is 16.7. The van der Waals surface area contributed by atoms with Crippen LogP contribution in [0.4, 0.5) is 0 Å². The molecule has 13 heteroatoms. The molecule has 0 saturated carbocycles. The second kappa shape index (κ2) is 4.36. The molecule has 3 N–H and O–H groups in total. The van der Waals surface area contributed by atoms with Gasteiger partial charge in [-0.1, -0.05) is 5.21 Å². The van der Waals surface area contributed by atoms with E-state index in [2.05, 4.69) is 20.3 Å². The van der Waals surface area contributed by atoms with Gasteiger partial charge >= 0.3 is 7.60 Å². The maximum absolute atomic E-state index is 12.1. The number of ether oxygens (including phenoxy) is 1. The van der Waals surface area contributed by atoms with Gasteiger partial charge in [0.25, 0.3) is 0 Å². The smallest absolute Gasteiger partial charge is 0.365 e. The fourth-order valence-electron chi connectivity index (χ4n) is 3.17. The number of aliphatic hydroxyl groups excluding tert-OH is 1. The van der Waals surface area contributed by atoms with E-state index in [1.165, 1.54) is 21.6 Å². The van der Waals surface area contributed by atoms with Crippen molar-refractivity contribution in [1.29, 1.82) is 0 Å². The Morgan fingerprint density at radius 2 is 2.21 bits per heavy atom. The van der Waals surface area contributed by atoms with Crippen molar-refractivity contribution in [2.24, 2.45) is 0 Å². The number of rotatable bonds is 1. The van der Waals surface area contributed by atoms with Crippen molar-refractivity contribution >= 4 is 24.4 Å². The molecular formula is C11H11N6O6P. The van der Waals surface area contributed by atoms with Crippen molar-refractivity contribution in [1.82, 2.24) is 29.4 Å². The summed E-state index contributed by atoms with van der Waals surface area (Å²) in [6.45, 7) is -0.305. The molecule has 0 bridgehead atoms. The monoisotopic (exact) mass is 354 g/mol. The van der Waals surface area contributed by atoms with E-state index in [9.17, 15) is 19.7 Å². The van der Waals surface area contributed by atoms with E-state index >= 15 is 0 Å². The minimum atomic E-state index is -4.45. The molecule has 24 heavy (non-hydrogen) atoms. The molecular weight excluding hydrogens is 343 g/mol. The quantitative estimate of drug-likeness (QED) is 0.446. The summed E-state index contributed by atoms with van der Waals surface area (Å²) in [5, 5.41) is 26.5. The van der Waals surface area contributed by atoms with Crippen molar-refractivity contribution in [3.63, 3.8) is 0 Å². The second-order valence-electron chi connectivity index (χ2n) is 5.67. The van der Waals surface area contributed by atoms with E-state index in [0.717, 1.165) is 0 Å². The molecule has 3 aromatic heterocycles. The topological polar surface area (TPSA) is 157 Å². The van der Waals surface area contributed by atoms with Crippen LogP contribution in [0, 0.1) is 0 Å². The third-order valence-electron chi connectivity index (χ3n) is 4.45. The summed E-state index contributed by atoms with van der Waals surface area (Å²) in [6.07, 6.45) is 0.463. The minimum Gasteiger partial charge on any atom is -0.385 e. The Labute approximate surface area is 132 Å². The molecule has 0 aliphatic carbocycles. The average Bonchev–Trinajstić information content (AvgIpc) is 3.26. The second-order valence-corrected chi connectivity index (χ2v) is 7.68. The Bertz CT molecular complexity index is 1020. The fourth-order valence-corrected chi connectivity index (χ4v) is 4.68. The summed E-state index contributed by atoms with van der Waals surface area (Å²) in [6, 6.07) is 0. The van der Waals surface area contributed by atoms with E-state index in [1.807, 2.05) is 0 Å². The van der Waals surface area contributed by atoms with Crippen molar-refractivity contribution in [3.05, 3.63) is 18.7 Å². The fraction of sp³-hybridized carbons (Fsp3) is 0.455. The maximum atomic E-state index is 12.1. The van der Waals surface area contributed by atoms with Crippen LogP contribution in [-0.4, -0.2) is 68.6 Å². The normalized spacial score (nSPS) is 39.0. The van der Waals surface area contributed by atoms with Gasteiger partial charge in [0.2, 0.25) is 5.34 Å². The van der Waals surface area contributed by atoms with Gasteiger partial charge in [0.15, 0.2) is 23.0 Å². The predicted octanol–water partition coefficient (Wildman–Crippen LogP) is -1.36. The summed E-state index contributed by atoms with van der Waals surface area (Å²) < 4.78 is 25.1. The third-order valence-corrected chi connectivity index (χ3v) is 6.40. The van der Waals surface area contributed by atoms with Crippen LogP contribution in [0.2, 0.25) is 0 Å². The number of hydrogen-bond donors (Lipinski definition) is 3. The van der Waals surface area contributed by atoms with E-state index in [0.29, 0.717) is 11.2 Å². The lowest BCUT2D eigenvalue weighted by Gasteiger charge is -2.26. The molecule has 5 atom stereocenters. The minimum absolute atomic E-state index is 0.259. The summed E-state index contributed by atoms with van der Waals surface area (Å²) in [4.78, 5) is 18.1. The summed E-state index contributed by atoms with van der Waals surface area (Å²) in [5.41, 5.74) is 1.13. The van der Waals surface area contributed by atoms with Gasteiger partial charge in [0.1, 0.15) is 12.2 Å². The number of aliphatic hydroxyl groups is 2. The zero-order valence-electron chi connectivity index (χ0n) is 11.9. The lowest BCUT2D eigenvalue weighted by Crippen LogP contribution is -2.44. The van der Waals surface area contributed by atoms with Crippen LogP contribution in [0.15, 0.2) is 18.7 Å². The molecule has 2 aliphatic rings. The van der Waals surface area contributed by atoms with Crippen molar-refractivity contribution in [2.75, 3.05) is 6.61 Å². The van der Waals surface area contributed by atoms with Crippen molar-refractivity contribution in [3.8, 4) is 0 Å². The largest absolute Gasteiger partial charge is 0.385 e. The van der Waals surface area contributed by atoms with E-state index in [4.69, 9.17) is 9.26 Å². The van der Waals surface area contributed by atoms with Gasteiger partial charge in [0.05, 0.1) is 19.1 Å². The number of hydrogen-bond acceptors (Lipinski definition) is 9. The van der Waals surface area contributed by atoms with Gasteiger partial charge in [-0.25, -0.2) is 14.5 Å². The van der Waals surface area contributed by atoms with Gasteiger partial charge in [-0.2, -0.15) is 0 Å². The van der Waals surface area contributed by atoms with E-state index in [1.54, 1.807) is 6.20 Å². The SMILES string of the molecule is O=P1(O)OC[C@H]2O[C@@H](n3cnc4c3nnn3ccnc43)[C@H](O)[C@]21O. The molecule has 0 spiro atoms. The Hall–Kier alpha value is -1.95. The first-order chi connectivity index (χ1) is 11.4. The van der Waals surface area contributed by atoms with Crippen LogP contribution in [0.25, 0.3) is 16.8 Å². The Kier molecular flexibility index (Phi) is 2.62. The molecule has 12 nitrogen and oxygen atoms in total. The first-order valence-corrected chi connectivity index (χ1v) is 8.57. The average molecular weight is 354 g/mol. The highest BCUT2D eigenvalue weighted by Gasteiger charge is 2.71. The number of fused-ring (bicyclic) bond motifs is 4. The van der Waals surface area contributed by atoms with Crippen molar-refractivity contribution in [2.45, 2.75) is 23.8 Å².